The summed E-state index contributed by atoms with van der Waals surface area (Å²) in [5, 5.41) is 0. The van der Waals surface area contributed by atoms with E-state index in [-0.39, 0.29) is 24.1 Å². The lowest BCUT2D eigenvalue weighted by Crippen LogP contribution is -2.47. The van der Waals surface area contributed by atoms with Gasteiger partial charge in [-0.2, -0.15) is 0 Å². The predicted octanol–water partition coefficient (Wildman–Crippen LogP) is 2.54. The molecule has 2 unspecified atom stereocenters. The molecule has 3 nitrogen and oxygen atoms in total. The van der Waals surface area contributed by atoms with E-state index in [1.54, 1.807) is 0 Å². The smallest absolute Gasteiger partial charge is 0.129 e. The number of hydrogen-bond acceptors (Lipinski definition) is 3. The fourth-order valence-electron chi connectivity index (χ4n) is 2.14. The molecule has 1 aromatic rings. The second kappa shape index (κ2) is 8.19. The highest BCUT2D eigenvalue weighted by Gasteiger charge is 2.23. The van der Waals surface area contributed by atoms with Crippen molar-refractivity contribution in [3.8, 4) is 0 Å². The van der Waals surface area contributed by atoms with E-state index in [1.807, 2.05) is 13.8 Å². The summed E-state index contributed by atoms with van der Waals surface area (Å²) in [5.74, 6) is 4.41. The van der Waals surface area contributed by atoms with E-state index >= 15 is 0 Å². The van der Waals surface area contributed by atoms with Crippen LogP contribution in [0.2, 0.25) is 0 Å². The van der Waals surface area contributed by atoms with Crippen LogP contribution in [0.15, 0.2) is 18.2 Å². The molecule has 0 saturated carbocycles. The van der Waals surface area contributed by atoms with E-state index in [9.17, 15) is 8.78 Å². The van der Waals surface area contributed by atoms with Crippen molar-refractivity contribution in [3.63, 3.8) is 0 Å². The Bertz CT molecular complexity index is 361. The fourth-order valence-corrected chi connectivity index (χ4v) is 2.14. The van der Waals surface area contributed by atoms with Gasteiger partial charge in [0.2, 0.25) is 0 Å². The van der Waals surface area contributed by atoms with E-state index in [0.717, 1.165) is 12.8 Å². The van der Waals surface area contributed by atoms with Crippen molar-refractivity contribution in [1.29, 1.82) is 0 Å². The molecule has 0 aliphatic rings. The van der Waals surface area contributed by atoms with Crippen molar-refractivity contribution >= 4 is 0 Å². The molecular formula is C14H22F2N2O. The third kappa shape index (κ3) is 4.53. The number of nitrogens with one attached hydrogen (secondary N) is 1. The van der Waals surface area contributed by atoms with Crippen LogP contribution in [0.4, 0.5) is 8.78 Å². The summed E-state index contributed by atoms with van der Waals surface area (Å²) in [6.45, 7) is 4.46. The zero-order valence-electron chi connectivity index (χ0n) is 11.5. The van der Waals surface area contributed by atoms with Gasteiger partial charge >= 0.3 is 0 Å². The summed E-state index contributed by atoms with van der Waals surface area (Å²) < 4.78 is 32.9. The van der Waals surface area contributed by atoms with Gasteiger partial charge in [0.25, 0.3) is 0 Å². The van der Waals surface area contributed by atoms with Crippen molar-refractivity contribution in [3.05, 3.63) is 35.4 Å². The molecule has 0 amide bonds. The van der Waals surface area contributed by atoms with Crippen LogP contribution < -0.4 is 11.3 Å². The van der Waals surface area contributed by atoms with Crippen LogP contribution in [0.1, 0.15) is 32.3 Å². The molecule has 0 aromatic heterocycles. The molecule has 5 heteroatoms. The highest BCUT2D eigenvalue weighted by Crippen LogP contribution is 2.18. The number of hydrogen-bond donors (Lipinski definition) is 2. The lowest BCUT2D eigenvalue weighted by atomic mass is 9.98. The molecule has 108 valence electrons. The van der Waals surface area contributed by atoms with Crippen LogP contribution in [0.5, 0.6) is 0 Å². The van der Waals surface area contributed by atoms with Crippen molar-refractivity contribution in [2.24, 2.45) is 5.84 Å². The fraction of sp³-hybridized carbons (Fsp3) is 0.571. The Morgan fingerprint density at radius 1 is 1.26 bits per heavy atom. The van der Waals surface area contributed by atoms with Gasteiger partial charge in [0.15, 0.2) is 0 Å². The molecule has 0 spiro atoms. The molecule has 0 fully saturated rings. The predicted molar refractivity (Wildman–Crippen MR) is 71.5 cm³/mol. The molecule has 0 aliphatic carbocycles. The summed E-state index contributed by atoms with van der Waals surface area (Å²) in [7, 11) is 0. The van der Waals surface area contributed by atoms with Crippen molar-refractivity contribution in [1.82, 2.24) is 5.43 Å². The Labute approximate surface area is 113 Å². The van der Waals surface area contributed by atoms with Gasteiger partial charge in [-0.3, -0.25) is 11.3 Å². The van der Waals surface area contributed by atoms with Gasteiger partial charge in [-0.05, 0) is 31.9 Å². The minimum Gasteiger partial charge on any atom is -0.377 e. The average Bonchev–Trinajstić information content (AvgIpc) is 2.38. The summed E-state index contributed by atoms with van der Waals surface area (Å²) in [6, 6.07) is 3.54. The number of halogens is 2. The maximum absolute atomic E-state index is 13.6. The first-order valence-electron chi connectivity index (χ1n) is 6.64. The van der Waals surface area contributed by atoms with Crippen LogP contribution in [0, 0.1) is 11.6 Å². The highest BCUT2D eigenvalue weighted by atomic mass is 19.1. The Morgan fingerprint density at radius 3 is 2.37 bits per heavy atom. The van der Waals surface area contributed by atoms with Gasteiger partial charge in [0.05, 0.1) is 12.1 Å². The summed E-state index contributed by atoms with van der Waals surface area (Å²) in [4.78, 5) is 0. The summed E-state index contributed by atoms with van der Waals surface area (Å²) in [5.41, 5.74) is 2.66. The van der Waals surface area contributed by atoms with Gasteiger partial charge < -0.3 is 4.74 Å². The first-order valence-corrected chi connectivity index (χ1v) is 6.64. The largest absolute Gasteiger partial charge is 0.377 e. The van der Waals surface area contributed by atoms with Gasteiger partial charge in [-0.1, -0.05) is 19.4 Å². The molecule has 0 bridgehead atoms. The lowest BCUT2D eigenvalue weighted by Gasteiger charge is -2.26. The molecule has 3 N–H and O–H groups in total. The molecule has 0 aliphatic heterocycles. The third-order valence-electron chi connectivity index (χ3n) is 3.10. The average molecular weight is 272 g/mol. The minimum absolute atomic E-state index is 0.0475. The lowest BCUT2D eigenvalue weighted by molar-refractivity contribution is 0.0278. The number of benzene rings is 1. The van der Waals surface area contributed by atoms with Crippen LogP contribution in [0.25, 0.3) is 0 Å². The maximum Gasteiger partial charge on any atom is 0.129 e. The topological polar surface area (TPSA) is 47.3 Å². The molecule has 0 saturated heterocycles. The number of ether oxygens (including phenoxy) is 1. The monoisotopic (exact) mass is 272 g/mol. The van der Waals surface area contributed by atoms with Gasteiger partial charge in [-0.25, -0.2) is 8.78 Å². The Morgan fingerprint density at radius 2 is 1.89 bits per heavy atom. The van der Waals surface area contributed by atoms with E-state index < -0.39 is 11.6 Å². The first kappa shape index (κ1) is 16.0. The van der Waals surface area contributed by atoms with Crippen molar-refractivity contribution in [2.45, 2.75) is 45.3 Å². The Balaban J connectivity index is 2.85. The van der Waals surface area contributed by atoms with Gasteiger partial charge in [-0.15, -0.1) is 0 Å². The normalized spacial score (nSPS) is 14.4. The molecule has 0 heterocycles. The molecule has 2 atom stereocenters. The zero-order chi connectivity index (χ0) is 14.3. The molecule has 0 radical (unpaired) electrons. The third-order valence-corrected chi connectivity index (χ3v) is 3.10. The molecular weight excluding hydrogens is 250 g/mol. The Hall–Kier alpha value is -1.04. The van der Waals surface area contributed by atoms with Gasteiger partial charge in [0.1, 0.15) is 11.6 Å². The van der Waals surface area contributed by atoms with Crippen molar-refractivity contribution in [2.75, 3.05) is 6.61 Å². The van der Waals surface area contributed by atoms with E-state index in [4.69, 9.17) is 10.6 Å². The van der Waals surface area contributed by atoms with E-state index in [2.05, 4.69) is 5.43 Å². The summed E-state index contributed by atoms with van der Waals surface area (Å²) >= 11 is 0. The Kier molecular flexibility index (Phi) is 6.91. The quantitative estimate of drug-likeness (QED) is 0.565. The minimum atomic E-state index is -0.549. The SMILES string of the molecule is CCCC(OCC)C(Cc1c(F)cccc1F)NN. The number of rotatable bonds is 8. The first-order chi connectivity index (χ1) is 9.13. The van der Waals surface area contributed by atoms with Crippen LogP contribution >= 0.6 is 0 Å². The highest BCUT2D eigenvalue weighted by molar-refractivity contribution is 5.21. The van der Waals surface area contributed by atoms with Crippen molar-refractivity contribution < 1.29 is 13.5 Å². The van der Waals surface area contributed by atoms with Gasteiger partial charge in [0, 0.05) is 12.2 Å². The van der Waals surface area contributed by atoms with Crippen LogP contribution in [-0.4, -0.2) is 18.8 Å². The molecule has 19 heavy (non-hydrogen) atoms. The summed E-state index contributed by atoms with van der Waals surface area (Å²) in [6.07, 6.45) is 1.72. The molecule has 1 rings (SSSR count). The number of nitrogens with two attached hydrogens (primary N) is 1. The standard InChI is InChI=1S/C14H22F2N2O/c1-3-6-14(19-4-2)13(18-17)9-10-11(15)7-5-8-12(10)16/h5,7-8,13-14,18H,3-4,6,9,17H2,1-2H3. The van der Waals surface area contributed by atoms with Crippen LogP contribution in [0.3, 0.4) is 0 Å². The van der Waals surface area contributed by atoms with E-state index in [1.165, 1.54) is 18.2 Å². The second-order valence-corrected chi connectivity index (χ2v) is 4.46. The maximum atomic E-state index is 13.6. The second-order valence-electron chi connectivity index (χ2n) is 4.46. The van der Waals surface area contributed by atoms with E-state index in [0.29, 0.717) is 6.61 Å². The number of hydrazine groups is 1. The molecule has 1 aromatic carbocycles. The zero-order valence-corrected chi connectivity index (χ0v) is 11.5. The van der Waals surface area contributed by atoms with Crippen LogP contribution in [-0.2, 0) is 11.2 Å².